The maximum Gasteiger partial charge on any atom is 0.256 e. The molecule has 1 amide bonds. The molecular weight excluding hydrogens is 420 g/mol. The van der Waals surface area contributed by atoms with Crippen molar-refractivity contribution in [2.75, 3.05) is 18.5 Å². The first-order valence-corrected chi connectivity index (χ1v) is 11.4. The van der Waals surface area contributed by atoms with E-state index in [4.69, 9.17) is 9.47 Å². The zero-order valence-electron chi connectivity index (χ0n) is 18.6. The summed E-state index contributed by atoms with van der Waals surface area (Å²) >= 11 is 0. The van der Waals surface area contributed by atoms with Crippen LogP contribution in [0.25, 0.3) is 10.9 Å². The van der Waals surface area contributed by atoms with Crippen LogP contribution in [0.4, 0.5) is 5.69 Å². The number of carbonyl (C=O) groups excluding carboxylic acids is 1. The third-order valence-electron chi connectivity index (χ3n) is 6.40. The highest BCUT2D eigenvalue weighted by Gasteiger charge is 2.40. The van der Waals surface area contributed by atoms with Crippen LogP contribution in [0.2, 0.25) is 0 Å². The van der Waals surface area contributed by atoms with Gasteiger partial charge in [0.05, 0.1) is 23.1 Å². The topological polar surface area (TPSA) is 106 Å². The number of nitrogens with zero attached hydrogens (tertiary/aromatic N) is 2. The van der Waals surface area contributed by atoms with E-state index in [-0.39, 0.29) is 11.9 Å². The molecule has 0 bridgehead atoms. The first-order chi connectivity index (χ1) is 16.0. The molecule has 3 heterocycles. The fourth-order valence-corrected chi connectivity index (χ4v) is 4.45. The van der Waals surface area contributed by atoms with Crippen molar-refractivity contribution in [1.29, 1.82) is 0 Å². The van der Waals surface area contributed by atoms with Gasteiger partial charge in [-0.25, -0.2) is 0 Å². The molecule has 0 atom stereocenters. The highest BCUT2D eigenvalue weighted by Crippen LogP contribution is 2.32. The molecule has 172 valence electrons. The Morgan fingerprint density at radius 3 is 2.76 bits per heavy atom. The number of pyridine rings is 2. The van der Waals surface area contributed by atoms with Gasteiger partial charge in [0.1, 0.15) is 18.8 Å². The van der Waals surface area contributed by atoms with Crippen LogP contribution < -0.4 is 20.1 Å². The maximum absolute atomic E-state index is 13.0. The van der Waals surface area contributed by atoms with Crippen LogP contribution in [-0.4, -0.2) is 45.8 Å². The van der Waals surface area contributed by atoms with Gasteiger partial charge in [0.15, 0.2) is 11.5 Å². The van der Waals surface area contributed by atoms with Crippen molar-refractivity contribution in [3.63, 3.8) is 0 Å². The lowest BCUT2D eigenvalue weighted by Crippen LogP contribution is -2.48. The molecule has 2 aliphatic rings. The summed E-state index contributed by atoms with van der Waals surface area (Å²) in [5.41, 5.74) is 1.72. The summed E-state index contributed by atoms with van der Waals surface area (Å²) in [6.07, 6.45) is 3.87. The third kappa shape index (κ3) is 4.62. The Bertz CT molecular complexity index is 1170. The van der Waals surface area contributed by atoms with E-state index in [1.54, 1.807) is 6.20 Å². The number of benzene rings is 1. The predicted octanol–water partition coefficient (Wildman–Crippen LogP) is 3.11. The summed E-state index contributed by atoms with van der Waals surface area (Å²) in [7, 11) is 0. The van der Waals surface area contributed by atoms with Gasteiger partial charge in [-0.1, -0.05) is 18.2 Å². The number of aryl methyl sites for hydroxylation is 1. The van der Waals surface area contributed by atoms with Crippen LogP contribution >= 0.6 is 0 Å². The molecule has 0 radical (unpaired) electrons. The Balaban J connectivity index is 1.18. The van der Waals surface area contributed by atoms with Crippen LogP contribution in [0.1, 0.15) is 37.1 Å². The maximum atomic E-state index is 13.0. The Morgan fingerprint density at radius 2 is 1.94 bits per heavy atom. The second kappa shape index (κ2) is 8.96. The fourth-order valence-electron chi connectivity index (χ4n) is 4.45. The number of para-hydroxylation sites is 1. The molecule has 0 saturated heterocycles. The quantitative estimate of drug-likeness (QED) is 0.551. The number of amides is 1. The van der Waals surface area contributed by atoms with Crippen molar-refractivity contribution in [3.8, 4) is 11.5 Å². The van der Waals surface area contributed by atoms with Crippen LogP contribution in [0, 0.1) is 6.92 Å². The van der Waals surface area contributed by atoms with Gasteiger partial charge in [0, 0.05) is 29.7 Å². The lowest BCUT2D eigenvalue weighted by molar-refractivity contribution is -0.137. The van der Waals surface area contributed by atoms with Crippen LogP contribution in [0.3, 0.4) is 0 Å². The second-order valence-corrected chi connectivity index (χ2v) is 8.79. The van der Waals surface area contributed by atoms with Gasteiger partial charge >= 0.3 is 0 Å². The highest BCUT2D eigenvalue weighted by atomic mass is 16.6. The van der Waals surface area contributed by atoms with Gasteiger partial charge in [-0.2, -0.15) is 0 Å². The lowest BCUT2D eigenvalue weighted by atomic mass is 9.81. The van der Waals surface area contributed by atoms with E-state index >= 15 is 0 Å². The zero-order chi connectivity index (χ0) is 22.8. The number of hydrogen-bond acceptors (Lipinski definition) is 7. The minimum atomic E-state index is -1.39. The lowest BCUT2D eigenvalue weighted by Gasteiger charge is -2.35. The Morgan fingerprint density at radius 1 is 1.15 bits per heavy atom. The van der Waals surface area contributed by atoms with E-state index in [0.29, 0.717) is 56.9 Å². The molecule has 1 aliphatic carbocycles. The molecule has 3 N–H and O–H groups in total. The number of nitrogens with one attached hydrogen (secondary N) is 2. The van der Waals surface area contributed by atoms with Gasteiger partial charge in [-0.15, -0.1) is 0 Å². The number of rotatable bonds is 5. The largest absolute Gasteiger partial charge is 0.486 e. The fraction of sp³-hybridized carbons (Fsp3) is 0.400. The molecule has 0 unspecified atom stereocenters. The average molecular weight is 449 g/mol. The van der Waals surface area contributed by atoms with Gasteiger partial charge in [0.2, 0.25) is 0 Å². The third-order valence-corrected chi connectivity index (χ3v) is 6.40. The Hall–Kier alpha value is -3.23. The Kier molecular flexibility index (Phi) is 5.86. The van der Waals surface area contributed by atoms with E-state index in [1.807, 2.05) is 43.3 Å². The molecule has 33 heavy (non-hydrogen) atoms. The standard InChI is InChI=1S/C25H28N4O4/c1-16-5-6-17-3-2-4-20(23(17)28-16)29-24(30)25(31)9-7-18(8-10-25)26-14-19-13-21-22(15-27-19)33-12-11-32-21/h2-6,13,15,18,26,31H,7-12,14H2,1H3,(H,29,30)/t18-,25-. The summed E-state index contributed by atoms with van der Waals surface area (Å²) in [5, 5.41) is 18.4. The Labute approximate surface area is 192 Å². The number of fused-ring (bicyclic) bond motifs is 2. The molecule has 3 aromatic rings. The van der Waals surface area contributed by atoms with Crippen molar-refractivity contribution in [2.45, 2.75) is 50.8 Å². The van der Waals surface area contributed by atoms with E-state index in [9.17, 15) is 9.90 Å². The van der Waals surface area contributed by atoms with Gasteiger partial charge in [-0.05, 0) is 44.7 Å². The molecule has 0 spiro atoms. The molecule has 1 aliphatic heterocycles. The molecule has 2 aromatic heterocycles. The number of hydrogen-bond donors (Lipinski definition) is 3. The van der Waals surface area contributed by atoms with E-state index in [2.05, 4.69) is 20.6 Å². The summed E-state index contributed by atoms with van der Waals surface area (Å²) in [6, 6.07) is 11.7. The number of ether oxygens (including phenoxy) is 2. The summed E-state index contributed by atoms with van der Waals surface area (Å²) in [4.78, 5) is 22.0. The first-order valence-electron chi connectivity index (χ1n) is 11.4. The summed E-state index contributed by atoms with van der Waals surface area (Å²) in [5.74, 6) is 1.03. The van der Waals surface area contributed by atoms with Crippen molar-refractivity contribution < 1.29 is 19.4 Å². The molecule has 8 heteroatoms. The monoisotopic (exact) mass is 448 g/mol. The minimum absolute atomic E-state index is 0.204. The molecular formula is C25H28N4O4. The van der Waals surface area contributed by atoms with Crippen molar-refractivity contribution >= 4 is 22.5 Å². The summed E-state index contributed by atoms with van der Waals surface area (Å²) < 4.78 is 11.1. The van der Waals surface area contributed by atoms with Crippen molar-refractivity contribution in [1.82, 2.24) is 15.3 Å². The summed E-state index contributed by atoms with van der Waals surface area (Å²) in [6.45, 7) is 3.59. The number of anilines is 1. The molecule has 5 rings (SSSR count). The highest BCUT2D eigenvalue weighted by molar-refractivity contribution is 6.03. The van der Waals surface area contributed by atoms with Crippen LogP contribution in [-0.2, 0) is 11.3 Å². The van der Waals surface area contributed by atoms with Crippen molar-refractivity contribution in [2.24, 2.45) is 0 Å². The first kappa shape index (κ1) is 21.6. The normalized spacial score (nSPS) is 22.2. The minimum Gasteiger partial charge on any atom is -0.486 e. The van der Waals surface area contributed by atoms with Gasteiger partial charge in [-0.3, -0.25) is 14.8 Å². The molecule has 1 saturated carbocycles. The van der Waals surface area contributed by atoms with E-state index < -0.39 is 5.60 Å². The van der Waals surface area contributed by atoms with Gasteiger partial charge < -0.3 is 25.2 Å². The zero-order valence-corrected chi connectivity index (χ0v) is 18.6. The molecule has 1 fully saturated rings. The SMILES string of the molecule is Cc1ccc2cccc(NC(=O)[C@]3(O)CC[C@H](NCc4cc5c(cn4)OCCO5)CC3)c2n1. The van der Waals surface area contributed by atoms with Crippen molar-refractivity contribution in [3.05, 3.63) is 54.0 Å². The smallest absolute Gasteiger partial charge is 0.256 e. The second-order valence-electron chi connectivity index (χ2n) is 8.79. The van der Waals surface area contributed by atoms with E-state index in [0.717, 1.165) is 28.0 Å². The number of aliphatic hydroxyl groups is 1. The van der Waals surface area contributed by atoms with E-state index in [1.165, 1.54) is 0 Å². The average Bonchev–Trinajstić information content (AvgIpc) is 2.84. The number of carbonyl (C=O) groups is 1. The van der Waals surface area contributed by atoms with Crippen LogP contribution in [0.5, 0.6) is 11.5 Å². The number of aromatic nitrogens is 2. The molecule has 1 aromatic carbocycles. The van der Waals surface area contributed by atoms with Gasteiger partial charge in [0.25, 0.3) is 5.91 Å². The molecule has 8 nitrogen and oxygen atoms in total. The van der Waals surface area contributed by atoms with Crippen LogP contribution in [0.15, 0.2) is 42.6 Å². The predicted molar refractivity (Wildman–Crippen MR) is 124 cm³/mol.